The zero-order valence-electron chi connectivity index (χ0n) is 11.8. The molecule has 4 heteroatoms. The van der Waals surface area contributed by atoms with Gasteiger partial charge in [0.1, 0.15) is 0 Å². The molecule has 0 aromatic carbocycles. The van der Waals surface area contributed by atoms with E-state index >= 15 is 0 Å². The van der Waals surface area contributed by atoms with Crippen molar-refractivity contribution in [2.75, 3.05) is 13.6 Å². The summed E-state index contributed by atoms with van der Waals surface area (Å²) >= 11 is 1.74. The summed E-state index contributed by atoms with van der Waals surface area (Å²) in [6.45, 7) is 6.41. The highest BCUT2D eigenvalue weighted by atomic mass is 32.1. The normalized spacial score (nSPS) is 18.7. The molecule has 1 aromatic rings. The lowest BCUT2D eigenvalue weighted by molar-refractivity contribution is 0.235. The van der Waals surface area contributed by atoms with Gasteiger partial charge in [-0.2, -0.15) is 0 Å². The second-order valence-corrected chi connectivity index (χ2v) is 6.57. The Morgan fingerprint density at radius 1 is 1.50 bits per heavy atom. The van der Waals surface area contributed by atoms with Crippen molar-refractivity contribution in [3.05, 3.63) is 16.1 Å². The Morgan fingerprint density at radius 3 is 2.83 bits per heavy atom. The Hall–Kier alpha value is -0.450. The van der Waals surface area contributed by atoms with E-state index in [0.717, 1.165) is 24.1 Å². The summed E-state index contributed by atoms with van der Waals surface area (Å²) in [7, 11) is 2.19. The van der Waals surface area contributed by atoms with Crippen LogP contribution in [0.5, 0.6) is 0 Å². The topological polar surface area (TPSA) is 28.2 Å². The quantitative estimate of drug-likeness (QED) is 0.859. The lowest BCUT2D eigenvalue weighted by Crippen LogP contribution is -2.40. The highest BCUT2D eigenvalue weighted by molar-refractivity contribution is 7.09. The lowest BCUT2D eigenvalue weighted by Gasteiger charge is -2.25. The average Bonchev–Trinajstić information content (AvgIpc) is 2.97. The Kier molecular flexibility index (Phi) is 5.15. The SMILES string of the molecule is Cc1nc(CN(C)C(C)CNC2CCCC2)cs1. The number of nitrogens with one attached hydrogen (secondary N) is 1. The van der Waals surface area contributed by atoms with Crippen LogP contribution in [0.1, 0.15) is 43.3 Å². The van der Waals surface area contributed by atoms with E-state index < -0.39 is 0 Å². The van der Waals surface area contributed by atoms with Crippen LogP contribution in [0.2, 0.25) is 0 Å². The van der Waals surface area contributed by atoms with Gasteiger partial charge in [-0.15, -0.1) is 11.3 Å². The predicted molar refractivity (Wildman–Crippen MR) is 78.0 cm³/mol. The largest absolute Gasteiger partial charge is 0.312 e. The summed E-state index contributed by atoms with van der Waals surface area (Å²) in [6.07, 6.45) is 5.53. The molecule has 1 atom stereocenters. The van der Waals surface area contributed by atoms with Crippen LogP contribution in [0.15, 0.2) is 5.38 Å². The highest BCUT2D eigenvalue weighted by Crippen LogP contribution is 2.17. The number of nitrogens with zero attached hydrogens (tertiary/aromatic N) is 2. The van der Waals surface area contributed by atoms with Crippen LogP contribution in [-0.4, -0.2) is 35.6 Å². The van der Waals surface area contributed by atoms with E-state index in [2.05, 4.69) is 41.5 Å². The van der Waals surface area contributed by atoms with Crippen LogP contribution in [0.4, 0.5) is 0 Å². The van der Waals surface area contributed by atoms with Gasteiger partial charge in [0.2, 0.25) is 0 Å². The minimum absolute atomic E-state index is 0.563. The average molecular weight is 267 g/mol. The molecule has 1 unspecified atom stereocenters. The predicted octanol–water partition coefficient (Wildman–Crippen LogP) is 2.80. The maximum Gasteiger partial charge on any atom is 0.0897 e. The molecular formula is C14H25N3S. The van der Waals surface area contributed by atoms with Crippen LogP contribution in [-0.2, 0) is 6.54 Å². The van der Waals surface area contributed by atoms with Crippen molar-refractivity contribution in [2.45, 2.75) is 58.2 Å². The molecule has 102 valence electrons. The lowest BCUT2D eigenvalue weighted by atomic mass is 10.2. The molecule has 0 radical (unpaired) electrons. The third-order valence-electron chi connectivity index (χ3n) is 3.89. The summed E-state index contributed by atoms with van der Waals surface area (Å²) in [6, 6.07) is 1.33. The second-order valence-electron chi connectivity index (χ2n) is 5.51. The molecule has 0 bridgehead atoms. The van der Waals surface area contributed by atoms with E-state index in [1.165, 1.54) is 31.4 Å². The molecular weight excluding hydrogens is 242 g/mol. The van der Waals surface area contributed by atoms with Gasteiger partial charge in [0.15, 0.2) is 0 Å². The first kappa shape index (κ1) is 14.0. The van der Waals surface area contributed by atoms with Gasteiger partial charge in [0, 0.05) is 30.6 Å². The summed E-state index contributed by atoms with van der Waals surface area (Å²) < 4.78 is 0. The Morgan fingerprint density at radius 2 is 2.22 bits per heavy atom. The van der Waals surface area contributed by atoms with E-state index in [1.54, 1.807) is 11.3 Å². The van der Waals surface area contributed by atoms with Gasteiger partial charge in [-0.1, -0.05) is 12.8 Å². The number of rotatable bonds is 6. The summed E-state index contributed by atoms with van der Waals surface area (Å²) in [4.78, 5) is 6.91. The molecule has 2 rings (SSSR count). The third-order valence-corrected chi connectivity index (χ3v) is 4.71. The maximum atomic E-state index is 4.53. The van der Waals surface area contributed by atoms with Crippen LogP contribution in [0, 0.1) is 6.92 Å². The van der Waals surface area contributed by atoms with Crippen molar-refractivity contribution in [3.63, 3.8) is 0 Å². The smallest absolute Gasteiger partial charge is 0.0897 e. The van der Waals surface area contributed by atoms with Gasteiger partial charge in [-0.25, -0.2) is 4.98 Å². The molecule has 1 N–H and O–H groups in total. The monoisotopic (exact) mass is 267 g/mol. The Bertz CT molecular complexity index is 358. The summed E-state index contributed by atoms with van der Waals surface area (Å²) in [5.74, 6) is 0. The van der Waals surface area contributed by atoms with Gasteiger partial charge in [-0.05, 0) is 33.7 Å². The minimum atomic E-state index is 0.563. The number of hydrogen-bond acceptors (Lipinski definition) is 4. The molecule has 0 aliphatic heterocycles. The van der Waals surface area contributed by atoms with Gasteiger partial charge >= 0.3 is 0 Å². The second kappa shape index (κ2) is 6.64. The van der Waals surface area contributed by atoms with Crippen molar-refractivity contribution >= 4 is 11.3 Å². The van der Waals surface area contributed by atoms with Gasteiger partial charge in [0.25, 0.3) is 0 Å². The van der Waals surface area contributed by atoms with Crippen LogP contribution in [0.3, 0.4) is 0 Å². The number of likely N-dealkylation sites (N-methyl/N-ethyl adjacent to an activating group) is 1. The molecule has 3 nitrogen and oxygen atoms in total. The minimum Gasteiger partial charge on any atom is -0.312 e. The zero-order valence-corrected chi connectivity index (χ0v) is 12.6. The summed E-state index contributed by atoms with van der Waals surface area (Å²) in [5, 5.41) is 7.03. The van der Waals surface area contributed by atoms with Gasteiger partial charge in [0.05, 0.1) is 10.7 Å². The van der Waals surface area contributed by atoms with Gasteiger partial charge < -0.3 is 5.32 Å². The fourth-order valence-electron chi connectivity index (χ4n) is 2.52. The van der Waals surface area contributed by atoms with Crippen molar-refractivity contribution in [2.24, 2.45) is 0 Å². The first-order valence-electron chi connectivity index (χ1n) is 7.00. The molecule has 0 saturated heterocycles. The Balaban J connectivity index is 1.72. The van der Waals surface area contributed by atoms with E-state index in [-0.39, 0.29) is 0 Å². The van der Waals surface area contributed by atoms with Crippen LogP contribution in [0.25, 0.3) is 0 Å². The third kappa shape index (κ3) is 4.04. The first-order valence-corrected chi connectivity index (χ1v) is 7.87. The molecule has 1 heterocycles. The van der Waals surface area contributed by atoms with E-state index in [9.17, 15) is 0 Å². The number of hydrogen-bond donors (Lipinski definition) is 1. The molecule has 1 aliphatic rings. The van der Waals surface area contributed by atoms with Crippen molar-refractivity contribution in [3.8, 4) is 0 Å². The molecule has 0 amide bonds. The molecule has 1 aromatic heterocycles. The number of aryl methyl sites for hydroxylation is 1. The number of aromatic nitrogens is 1. The van der Waals surface area contributed by atoms with E-state index in [0.29, 0.717) is 6.04 Å². The van der Waals surface area contributed by atoms with Crippen molar-refractivity contribution < 1.29 is 0 Å². The molecule has 1 fully saturated rings. The molecule has 0 spiro atoms. The first-order chi connectivity index (χ1) is 8.65. The summed E-state index contributed by atoms with van der Waals surface area (Å²) in [5.41, 5.74) is 1.20. The van der Waals surface area contributed by atoms with E-state index in [1.807, 2.05) is 0 Å². The van der Waals surface area contributed by atoms with Crippen molar-refractivity contribution in [1.29, 1.82) is 0 Å². The standard InChI is InChI=1S/C14H25N3S/c1-11(8-15-13-6-4-5-7-13)17(3)9-14-10-18-12(2)16-14/h10-11,13,15H,4-9H2,1-3H3. The molecule has 1 saturated carbocycles. The molecule has 1 aliphatic carbocycles. The zero-order chi connectivity index (χ0) is 13.0. The van der Waals surface area contributed by atoms with E-state index in [4.69, 9.17) is 0 Å². The fourth-order valence-corrected chi connectivity index (χ4v) is 3.12. The Labute approximate surface area is 115 Å². The highest BCUT2D eigenvalue weighted by Gasteiger charge is 2.17. The molecule has 18 heavy (non-hydrogen) atoms. The van der Waals surface area contributed by atoms with Crippen molar-refractivity contribution in [1.82, 2.24) is 15.2 Å². The fraction of sp³-hybridized carbons (Fsp3) is 0.786. The van der Waals surface area contributed by atoms with Crippen LogP contribution < -0.4 is 5.32 Å². The number of thiazole rings is 1. The van der Waals surface area contributed by atoms with Crippen LogP contribution >= 0.6 is 11.3 Å². The van der Waals surface area contributed by atoms with Gasteiger partial charge in [-0.3, -0.25) is 4.90 Å². The maximum absolute atomic E-state index is 4.53.